The molecule has 2 aromatic heterocycles. The van der Waals surface area contributed by atoms with E-state index in [9.17, 15) is 13.2 Å². The number of pyridine rings is 1. The number of alkyl halides is 3. The van der Waals surface area contributed by atoms with E-state index in [4.69, 9.17) is 0 Å². The Balaban J connectivity index is 0.00000171. The average Bonchev–Trinajstić information content (AvgIpc) is 2.73. The van der Waals surface area contributed by atoms with Crippen molar-refractivity contribution in [2.75, 3.05) is 17.7 Å². The molecule has 0 fully saturated rings. The second-order valence-corrected chi connectivity index (χ2v) is 6.34. The molecule has 0 spiro atoms. The zero-order chi connectivity index (χ0) is 20.4. The van der Waals surface area contributed by atoms with Crippen LogP contribution in [0.3, 0.4) is 0 Å². The van der Waals surface area contributed by atoms with E-state index in [2.05, 4.69) is 25.6 Å². The molecule has 0 aliphatic carbocycles. The first kappa shape index (κ1) is 24.2. The van der Waals surface area contributed by atoms with Crippen LogP contribution in [0.1, 0.15) is 5.56 Å². The summed E-state index contributed by atoms with van der Waals surface area (Å²) in [7, 11) is 1.81. The summed E-state index contributed by atoms with van der Waals surface area (Å²) >= 11 is 0. The Labute approximate surface area is 189 Å². The van der Waals surface area contributed by atoms with Gasteiger partial charge in [-0.1, -0.05) is 18.2 Å². The van der Waals surface area contributed by atoms with Crippen LogP contribution in [-0.4, -0.2) is 22.0 Å². The minimum atomic E-state index is -4.37. The maximum absolute atomic E-state index is 12.7. The highest BCUT2D eigenvalue weighted by atomic mass is 35.5. The van der Waals surface area contributed by atoms with E-state index in [1.807, 2.05) is 30.3 Å². The fourth-order valence-corrected chi connectivity index (χ4v) is 2.90. The Morgan fingerprint density at radius 3 is 2.19 bits per heavy atom. The van der Waals surface area contributed by atoms with Crippen molar-refractivity contribution >= 4 is 53.0 Å². The Kier molecular flexibility index (Phi) is 7.65. The number of rotatable bonds is 4. The average molecular weight is 468 g/mol. The highest BCUT2D eigenvalue weighted by molar-refractivity contribution is 5.86. The number of hydrogen-bond acceptors (Lipinski definition) is 5. The summed E-state index contributed by atoms with van der Waals surface area (Å²) < 4.78 is 38.2. The first-order chi connectivity index (χ1) is 13.9. The van der Waals surface area contributed by atoms with Crippen molar-refractivity contribution in [1.82, 2.24) is 15.0 Å². The van der Waals surface area contributed by atoms with E-state index >= 15 is 0 Å². The van der Waals surface area contributed by atoms with Crippen LogP contribution < -0.4 is 10.6 Å². The number of nitrogens with one attached hydrogen (secondary N) is 2. The summed E-state index contributed by atoms with van der Waals surface area (Å²) in [6.07, 6.45) is -3.00. The van der Waals surface area contributed by atoms with E-state index in [1.54, 1.807) is 13.1 Å². The maximum Gasteiger partial charge on any atom is 0.416 e. The summed E-state index contributed by atoms with van der Waals surface area (Å²) in [6.45, 7) is 0. The van der Waals surface area contributed by atoms with Crippen molar-refractivity contribution in [3.05, 3.63) is 72.6 Å². The van der Waals surface area contributed by atoms with Crippen LogP contribution in [0.2, 0.25) is 0 Å². The van der Waals surface area contributed by atoms with Crippen molar-refractivity contribution in [2.24, 2.45) is 0 Å². The molecular weight excluding hydrogens is 450 g/mol. The van der Waals surface area contributed by atoms with E-state index < -0.39 is 11.7 Å². The predicted octanol–water partition coefficient (Wildman–Crippen LogP) is 6.34. The second-order valence-electron chi connectivity index (χ2n) is 6.34. The van der Waals surface area contributed by atoms with Gasteiger partial charge < -0.3 is 10.6 Å². The van der Waals surface area contributed by atoms with Crippen LogP contribution in [0.5, 0.6) is 0 Å². The Hall–Kier alpha value is -3.10. The van der Waals surface area contributed by atoms with Crippen LogP contribution in [-0.2, 0) is 6.18 Å². The summed E-state index contributed by atoms with van der Waals surface area (Å²) in [6, 6.07) is 16.2. The van der Waals surface area contributed by atoms with Crippen molar-refractivity contribution in [2.45, 2.75) is 6.18 Å². The van der Waals surface area contributed by atoms with E-state index in [0.29, 0.717) is 17.1 Å². The Bertz CT molecular complexity index is 1170. The van der Waals surface area contributed by atoms with Crippen LogP contribution in [0, 0.1) is 0 Å². The SMILES string of the molecule is CNc1ccc2ccc(Nc3cc(-c4ccc(C(F)(F)F)cc4)ncn3)cc2n1.Cl.Cl. The number of benzene rings is 2. The molecule has 0 amide bonds. The predicted molar refractivity (Wildman–Crippen MR) is 122 cm³/mol. The second kappa shape index (κ2) is 9.80. The van der Waals surface area contributed by atoms with Crippen LogP contribution in [0.15, 0.2) is 67.0 Å². The van der Waals surface area contributed by atoms with Gasteiger partial charge in [0, 0.05) is 29.8 Å². The first-order valence-corrected chi connectivity index (χ1v) is 8.78. The highest BCUT2D eigenvalue weighted by Crippen LogP contribution is 2.31. The van der Waals surface area contributed by atoms with Gasteiger partial charge >= 0.3 is 6.18 Å². The molecule has 4 rings (SSSR count). The number of fused-ring (bicyclic) bond motifs is 1. The number of aromatic nitrogens is 3. The zero-order valence-electron chi connectivity index (χ0n) is 16.1. The molecule has 2 N–H and O–H groups in total. The van der Waals surface area contributed by atoms with Gasteiger partial charge in [-0.15, -0.1) is 24.8 Å². The molecule has 0 saturated carbocycles. The molecule has 4 aromatic rings. The third kappa shape index (κ3) is 5.53. The van der Waals surface area contributed by atoms with Gasteiger partial charge in [0.15, 0.2) is 0 Å². The Morgan fingerprint density at radius 2 is 1.52 bits per heavy atom. The zero-order valence-corrected chi connectivity index (χ0v) is 17.8. The smallest absolute Gasteiger partial charge is 0.373 e. The number of hydrogen-bond donors (Lipinski definition) is 2. The van der Waals surface area contributed by atoms with Crippen LogP contribution >= 0.6 is 24.8 Å². The third-order valence-electron chi connectivity index (χ3n) is 4.40. The lowest BCUT2D eigenvalue weighted by Gasteiger charge is -2.10. The first-order valence-electron chi connectivity index (χ1n) is 8.78. The summed E-state index contributed by atoms with van der Waals surface area (Å²) in [5, 5.41) is 7.19. The van der Waals surface area contributed by atoms with Crippen molar-refractivity contribution in [1.29, 1.82) is 0 Å². The molecule has 0 aliphatic heterocycles. The molecule has 0 saturated heterocycles. The Morgan fingerprint density at radius 1 is 0.806 bits per heavy atom. The fraction of sp³-hybridized carbons (Fsp3) is 0.0952. The summed E-state index contributed by atoms with van der Waals surface area (Å²) in [4.78, 5) is 12.9. The van der Waals surface area contributed by atoms with Gasteiger partial charge in [0.05, 0.1) is 16.8 Å². The number of halogens is 5. The maximum atomic E-state index is 12.7. The molecule has 0 aliphatic rings. The molecule has 0 unspecified atom stereocenters. The number of anilines is 3. The van der Waals surface area contributed by atoms with Gasteiger partial charge in [-0.25, -0.2) is 15.0 Å². The topological polar surface area (TPSA) is 62.7 Å². The lowest BCUT2D eigenvalue weighted by atomic mass is 10.1. The van der Waals surface area contributed by atoms with Gasteiger partial charge in [-0.3, -0.25) is 0 Å². The lowest BCUT2D eigenvalue weighted by Crippen LogP contribution is -2.04. The van der Waals surface area contributed by atoms with Crippen molar-refractivity contribution < 1.29 is 13.2 Å². The third-order valence-corrected chi connectivity index (χ3v) is 4.40. The molecule has 0 radical (unpaired) electrons. The number of nitrogens with zero attached hydrogens (tertiary/aromatic N) is 3. The molecule has 0 bridgehead atoms. The van der Waals surface area contributed by atoms with Crippen LogP contribution in [0.4, 0.5) is 30.5 Å². The molecule has 2 heterocycles. The molecular formula is C21H18Cl2F3N5. The molecule has 31 heavy (non-hydrogen) atoms. The lowest BCUT2D eigenvalue weighted by molar-refractivity contribution is -0.137. The molecule has 0 atom stereocenters. The van der Waals surface area contributed by atoms with E-state index in [0.717, 1.165) is 34.5 Å². The monoisotopic (exact) mass is 467 g/mol. The van der Waals surface area contributed by atoms with Crippen molar-refractivity contribution in [3.63, 3.8) is 0 Å². The molecule has 2 aromatic carbocycles. The quantitative estimate of drug-likeness (QED) is 0.366. The minimum Gasteiger partial charge on any atom is -0.373 e. The highest BCUT2D eigenvalue weighted by Gasteiger charge is 2.30. The summed E-state index contributed by atoms with van der Waals surface area (Å²) in [5.74, 6) is 1.29. The standard InChI is InChI=1S/C21H16F3N5.2ClH/c1-25-19-9-5-14-4-8-16(10-18(14)29-19)28-20-11-17(26-12-27-20)13-2-6-15(7-3-13)21(22,23)24;;/h2-12H,1H3,(H,25,29)(H,26,27,28);2*1H. The van der Waals surface area contributed by atoms with Gasteiger partial charge in [-0.05, 0) is 36.4 Å². The van der Waals surface area contributed by atoms with Gasteiger partial charge in [-0.2, -0.15) is 13.2 Å². The van der Waals surface area contributed by atoms with Gasteiger partial charge in [0.1, 0.15) is 18.0 Å². The minimum absolute atomic E-state index is 0. The van der Waals surface area contributed by atoms with E-state index in [1.165, 1.54) is 18.5 Å². The molecule has 5 nitrogen and oxygen atoms in total. The van der Waals surface area contributed by atoms with Crippen LogP contribution in [0.25, 0.3) is 22.2 Å². The molecule has 162 valence electrons. The van der Waals surface area contributed by atoms with Crippen molar-refractivity contribution in [3.8, 4) is 11.3 Å². The molecule has 10 heteroatoms. The fourth-order valence-electron chi connectivity index (χ4n) is 2.90. The largest absolute Gasteiger partial charge is 0.416 e. The summed E-state index contributed by atoms with van der Waals surface area (Å²) in [5.41, 5.74) is 2.00. The van der Waals surface area contributed by atoms with Gasteiger partial charge in [0.25, 0.3) is 0 Å². The normalized spacial score (nSPS) is 10.7. The van der Waals surface area contributed by atoms with E-state index in [-0.39, 0.29) is 24.8 Å². The van der Waals surface area contributed by atoms with Gasteiger partial charge in [0.2, 0.25) is 0 Å².